The van der Waals surface area contributed by atoms with Crippen molar-refractivity contribution in [1.82, 2.24) is 14.9 Å². The number of anilines is 2. The van der Waals surface area contributed by atoms with Gasteiger partial charge in [0.2, 0.25) is 5.95 Å². The largest absolute Gasteiger partial charge is 0.492 e. The summed E-state index contributed by atoms with van der Waals surface area (Å²) in [6.07, 6.45) is 1.66. The Morgan fingerprint density at radius 3 is 2.44 bits per heavy atom. The highest BCUT2D eigenvalue weighted by atomic mass is 35.5. The predicted molar refractivity (Wildman–Crippen MR) is 181 cm³/mol. The second kappa shape index (κ2) is 15.5. The van der Waals surface area contributed by atoms with Gasteiger partial charge < -0.3 is 25.2 Å². The van der Waals surface area contributed by atoms with Crippen LogP contribution in [0.3, 0.4) is 0 Å². The van der Waals surface area contributed by atoms with Crippen LogP contribution >= 0.6 is 36.4 Å². The van der Waals surface area contributed by atoms with Gasteiger partial charge in [0.25, 0.3) is 0 Å². The summed E-state index contributed by atoms with van der Waals surface area (Å²) in [7, 11) is 0. The summed E-state index contributed by atoms with van der Waals surface area (Å²) < 4.78 is 12.0. The lowest BCUT2D eigenvalue weighted by molar-refractivity contribution is -0.136. The molecule has 0 unspecified atom stereocenters. The number of aryl methyl sites for hydroxylation is 1. The Morgan fingerprint density at radius 2 is 1.69 bits per heavy atom. The van der Waals surface area contributed by atoms with Gasteiger partial charge in [-0.25, -0.2) is 4.98 Å². The normalized spacial score (nSPS) is 13.9. The number of aliphatic carboxylic acids is 1. The van der Waals surface area contributed by atoms with Crippen molar-refractivity contribution in [2.75, 3.05) is 50.0 Å². The molecule has 1 saturated heterocycles. The van der Waals surface area contributed by atoms with E-state index < -0.39 is 5.97 Å². The molecule has 238 valence electrons. The Morgan fingerprint density at radius 1 is 0.933 bits per heavy atom. The van der Waals surface area contributed by atoms with Gasteiger partial charge >= 0.3 is 5.97 Å². The molecule has 12 heteroatoms. The van der Waals surface area contributed by atoms with E-state index in [1.165, 1.54) is 5.56 Å². The molecule has 1 aliphatic carbocycles. The topological polar surface area (TPSA) is 114 Å². The first-order chi connectivity index (χ1) is 20.9. The molecule has 1 fully saturated rings. The van der Waals surface area contributed by atoms with Crippen molar-refractivity contribution in [2.24, 2.45) is 0 Å². The number of nitrogens with zero attached hydrogens (tertiary/aromatic N) is 4. The first-order valence-corrected chi connectivity index (χ1v) is 14.9. The number of hydrogen-bond acceptors (Lipinski definition) is 8. The minimum absolute atomic E-state index is 0. The quantitative estimate of drug-likeness (QED) is 0.218. The number of benzene rings is 3. The van der Waals surface area contributed by atoms with Crippen LogP contribution in [0, 0.1) is 0 Å². The average Bonchev–Trinajstić information content (AvgIpc) is 3.01. The van der Waals surface area contributed by atoms with Gasteiger partial charge in [-0.05, 0) is 60.4 Å². The Bertz CT molecular complexity index is 1610. The highest BCUT2D eigenvalue weighted by molar-refractivity contribution is 6.30. The SMILES string of the molecule is Cl.Cl.Nc1nc2c(c(N3CCN(CCOc4ccccc4CC(=O)O)CC3)n1)CCc1cc(OCc3ccc(Cl)cc3)ccc1-2. The standard InChI is InChI=1S/C33H34ClN5O4.2ClH/c34-25-8-5-22(6-9-25)21-43-26-10-12-27-23(19-26)7-11-28-31(27)36-33(35)37-32(28)39-15-13-38(14-16-39)17-18-42-29-4-2-1-3-24(29)20-30(40)41;;/h1-6,8-10,12,19H,7,11,13-18,20-21H2,(H,40,41)(H2,35,36,37);2*1H. The minimum Gasteiger partial charge on any atom is -0.492 e. The van der Waals surface area contributed by atoms with Crippen molar-refractivity contribution >= 4 is 54.2 Å². The molecule has 1 aromatic heterocycles. The molecule has 0 atom stereocenters. The van der Waals surface area contributed by atoms with Crippen molar-refractivity contribution in [1.29, 1.82) is 0 Å². The molecule has 0 radical (unpaired) electrons. The van der Waals surface area contributed by atoms with E-state index in [9.17, 15) is 4.79 Å². The fourth-order valence-electron chi connectivity index (χ4n) is 5.73. The van der Waals surface area contributed by atoms with Gasteiger partial charge in [0, 0.05) is 54.4 Å². The number of nitrogen functional groups attached to an aromatic ring is 1. The molecule has 9 nitrogen and oxygen atoms in total. The summed E-state index contributed by atoms with van der Waals surface area (Å²) >= 11 is 6.00. The number of fused-ring (bicyclic) bond motifs is 3. The number of ether oxygens (including phenoxy) is 2. The molecule has 6 rings (SSSR count). The average molecular weight is 673 g/mol. The zero-order chi connectivity index (χ0) is 29.8. The number of carboxylic acids is 1. The summed E-state index contributed by atoms with van der Waals surface area (Å²) in [6, 6.07) is 21.2. The number of halogens is 3. The molecule has 2 heterocycles. The molecule has 0 bridgehead atoms. The van der Waals surface area contributed by atoms with E-state index in [2.05, 4.69) is 26.9 Å². The van der Waals surface area contributed by atoms with Gasteiger partial charge in [-0.3, -0.25) is 9.69 Å². The number of nitrogens with two attached hydrogens (primary N) is 1. The Labute approximate surface area is 280 Å². The maximum absolute atomic E-state index is 11.2. The van der Waals surface area contributed by atoms with E-state index in [-0.39, 0.29) is 37.2 Å². The van der Waals surface area contributed by atoms with Crippen LogP contribution in [0.5, 0.6) is 11.5 Å². The number of para-hydroxylation sites is 1. The molecular weight excluding hydrogens is 637 g/mol. The van der Waals surface area contributed by atoms with Crippen LogP contribution < -0.4 is 20.1 Å². The lowest BCUT2D eigenvalue weighted by atomic mass is 9.88. The van der Waals surface area contributed by atoms with Gasteiger partial charge in [0.05, 0.1) is 12.1 Å². The second-order valence-corrected chi connectivity index (χ2v) is 11.3. The fraction of sp³-hybridized carbons (Fsp3) is 0.303. The van der Waals surface area contributed by atoms with Crippen LogP contribution in [0.4, 0.5) is 11.8 Å². The van der Waals surface area contributed by atoms with Gasteiger partial charge in [-0.2, -0.15) is 4.98 Å². The molecule has 0 amide bonds. The van der Waals surface area contributed by atoms with Crippen LogP contribution in [-0.4, -0.2) is 65.3 Å². The van der Waals surface area contributed by atoms with E-state index >= 15 is 0 Å². The molecule has 4 aromatic rings. The Kier molecular flexibility index (Phi) is 11.7. The number of hydrogen-bond donors (Lipinski definition) is 2. The molecular formula is C33H36Cl3N5O4. The third kappa shape index (κ3) is 8.29. The van der Waals surface area contributed by atoms with Gasteiger partial charge in [0.15, 0.2) is 0 Å². The van der Waals surface area contributed by atoms with Gasteiger partial charge in [0.1, 0.15) is 30.5 Å². The van der Waals surface area contributed by atoms with E-state index in [4.69, 9.17) is 36.9 Å². The Balaban J connectivity index is 0.00000230. The van der Waals surface area contributed by atoms with Crippen LogP contribution in [-0.2, 0) is 30.7 Å². The van der Waals surface area contributed by atoms with Crippen molar-refractivity contribution < 1.29 is 19.4 Å². The molecule has 3 N–H and O–H groups in total. The van der Waals surface area contributed by atoms with Crippen molar-refractivity contribution in [3.63, 3.8) is 0 Å². The summed E-state index contributed by atoms with van der Waals surface area (Å²) in [5.74, 6) is 1.79. The van der Waals surface area contributed by atoms with Crippen LogP contribution in [0.15, 0.2) is 66.7 Å². The molecule has 0 saturated carbocycles. The number of carboxylic acid groups (broad SMARTS) is 1. The summed E-state index contributed by atoms with van der Waals surface area (Å²) in [6.45, 7) is 5.10. The summed E-state index contributed by atoms with van der Waals surface area (Å²) in [4.78, 5) is 25.2. The first-order valence-electron chi connectivity index (χ1n) is 14.5. The number of piperazine rings is 1. The first kappa shape index (κ1) is 34.1. The van der Waals surface area contributed by atoms with E-state index in [0.717, 1.165) is 79.5 Å². The zero-order valence-corrected chi connectivity index (χ0v) is 27.0. The lowest BCUT2D eigenvalue weighted by Gasteiger charge is -2.37. The molecule has 3 aromatic carbocycles. The van der Waals surface area contributed by atoms with Crippen LogP contribution in [0.25, 0.3) is 11.3 Å². The van der Waals surface area contributed by atoms with Crippen molar-refractivity contribution in [3.8, 4) is 22.8 Å². The monoisotopic (exact) mass is 671 g/mol. The van der Waals surface area contributed by atoms with Gasteiger partial charge in [-0.1, -0.05) is 41.9 Å². The summed E-state index contributed by atoms with van der Waals surface area (Å²) in [5.41, 5.74) is 12.3. The minimum atomic E-state index is -0.868. The van der Waals surface area contributed by atoms with E-state index in [1.807, 2.05) is 48.5 Å². The second-order valence-electron chi connectivity index (χ2n) is 10.8. The van der Waals surface area contributed by atoms with E-state index in [0.29, 0.717) is 29.5 Å². The fourth-order valence-corrected chi connectivity index (χ4v) is 5.86. The molecule has 1 aliphatic heterocycles. The predicted octanol–water partition coefficient (Wildman–Crippen LogP) is 5.73. The number of rotatable bonds is 10. The van der Waals surface area contributed by atoms with E-state index in [1.54, 1.807) is 6.07 Å². The number of carbonyl (C=O) groups is 1. The smallest absolute Gasteiger partial charge is 0.307 e. The summed E-state index contributed by atoms with van der Waals surface area (Å²) in [5, 5.41) is 9.87. The molecule has 2 aliphatic rings. The maximum atomic E-state index is 11.2. The van der Waals surface area contributed by atoms with Crippen LogP contribution in [0.2, 0.25) is 5.02 Å². The van der Waals surface area contributed by atoms with Crippen molar-refractivity contribution in [3.05, 3.63) is 94.0 Å². The highest BCUT2D eigenvalue weighted by Crippen LogP contribution is 2.38. The Hall–Kier alpha value is -3.76. The van der Waals surface area contributed by atoms with Gasteiger partial charge in [-0.15, -0.1) is 24.8 Å². The lowest BCUT2D eigenvalue weighted by Crippen LogP contribution is -2.48. The third-order valence-electron chi connectivity index (χ3n) is 7.95. The number of aromatic nitrogens is 2. The highest BCUT2D eigenvalue weighted by Gasteiger charge is 2.27. The van der Waals surface area contributed by atoms with Crippen molar-refractivity contribution in [2.45, 2.75) is 25.9 Å². The molecule has 0 spiro atoms. The van der Waals surface area contributed by atoms with Crippen LogP contribution in [0.1, 0.15) is 22.3 Å². The molecule has 45 heavy (non-hydrogen) atoms. The maximum Gasteiger partial charge on any atom is 0.307 e. The zero-order valence-electron chi connectivity index (χ0n) is 24.7. The third-order valence-corrected chi connectivity index (χ3v) is 8.20.